The molecule has 1 N–H and O–H groups in total. The minimum atomic E-state index is 0.198. The average molecular weight is 395 g/mol. The number of nitrogens with one attached hydrogen (secondary N) is 1. The summed E-state index contributed by atoms with van der Waals surface area (Å²) in [6.07, 6.45) is 1.87. The van der Waals surface area contributed by atoms with E-state index >= 15 is 0 Å². The minimum Gasteiger partial charge on any atom is -0.379 e. The Morgan fingerprint density at radius 3 is 3.00 bits per heavy atom. The van der Waals surface area contributed by atoms with Gasteiger partial charge in [-0.05, 0) is 36.3 Å². The van der Waals surface area contributed by atoms with E-state index in [4.69, 9.17) is 28.6 Å². The highest BCUT2D eigenvalue weighted by Crippen LogP contribution is 2.39. The van der Waals surface area contributed by atoms with E-state index in [0.717, 1.165) is 53.2 Å². The molecule has 0 aliphatic carbocycles. The van der Waals surface area contributed by atoms with E-state index in [-0.39, 0.29) is 5.50 Å². The van der Waals surface area contributed by atoms with E-state index in [1.807, 2.05) is 25.3 Å². The molecular formula is C17H19ClN4OS2. The molecule has 1 aromatic carbocycles. The van der Waals surface area contributed by atoms with E-state index in [2.05, 4.69) is 25.8 Å². The number of hydrogen-bond acceptors (Lipinski definition) is 6. The van der Waals surface area contributed by atoms with Crippen LogP contribution in [0.25, 0.3) is 0 Å². The third kappa shape index (κ3) is 3.44. The lowest BCUT2D eigenvalue weighted by atomic mass is 10.1. The number of hydrogen-bond donors (Lipinski definition) is 1. The number of benzene rings is 1. The van der Waals surface area contributed by atoms with Gasteiger partial charge in [-0.25, -0.2) is 4.98 Å². The summed E-state index contributed by atoms with van der Waals surface area (Å²) in [7, 11) is 0. The van der Waals surface area contributed by atoms with Crippen LogP contribution in [-0.2, 0) is 11.3 Å². The number of morpholine rings is 1. The minimum absolute atomic E-state index is 0.198. The predicted molar refractivity (Wildman–Crippen MR) is 104 cm³/mol. The monoisotopic (exact) mass is 394 g/mol. The quantitative estimate of drug-likeness (QED) is 0.799. The smallest absolute Gasteiger partial charge is 0.201 e. The van der Waals surface area contributed by atoms with Crippen LogP contribution in [0.3, 0.4) is 0 Å². The standard InChI is InChI=1S/C17H19ClN4OS2/c1-11-12(3-2-4-13(11)18)10-22-15-14(9-19-16(22)24)25-17(20-15)21-5-7-23-8-6-21/h2-4,9,17,20H,5-8,10H2,1H3. The van der Waals surface area contributed by atoms with Crippen molar-refractivity contribution >= 4 is 41.4 Å². The van der Waals surface area contributed by atoms with E-state index in [9.17, 15) is 0 Å². The van der Waals surface area contributed by atoms with Gasteiger partial charge < -0.3 is 10.1 Å². The van der Waals surface area contributed by atoms with Gasteiger partial charge in [0, 0.05) is 24.3 Å². The molecule has 1 saturated heterocycles. The lowest BCUT2D eigenvalue weighted by Crippen LogP contribution is -2.44. The molecule has 2 aromatic rings. The summed E-state index contributed by atoms with van der Waals surface area (Å²) in [5.74, 6) is 1.04. The molecule has 25 heavy (non-hydrogen) atoms. The molecule has 2 aliphatic rings. The zero-order valence-electron chi connectivity index (χ0n) is 13.9. The summed E-state index contributed by atoms with van der Waals surface area (Å²) >= 11 is 13.6. The Hall–Kier alpha value is -1.12. The van der Waals surface area contributed by atoms with Gasteiger partial charge in [-0.1, -0.05) is 35.5 Å². The molecule has 0 amide bonds. The molecular weight excluding hydrogens is 376 g/mol. The first-order valence-electron chi connectivity index (χ1n) is 8.22. The van der Waals surface area contributed by atoms with Crippen molar-refractivity contribution in [2.75, 3.05) is 31.6 Å². The molecule has 3 heterocycles. The summed E-state index contributed by atoms with van der Waals surface area (Å²) < 4.78 is 8.10. The van der Waals surface area contributed by atoms with Crippen molar-refractivity contribution in [3.63, 3.8) is 0 Å². The van der Waals surface area contributed by atoms with Gasteiger partial charge in [0.1, 0.15) is 11.3 Å². The van der Waals surface area contributed by atoms with Crippen LogP contribution in [-0.4, -0.2) is 46.3 Å². The SMILES string of the molecule is Cc1c(Cl)cccc1Cn1c2c(cnc1=S)SC(N1CCOCC1)N2. The Kier molecular flexibility index (Phi) is 5.01. The molecule has 4 rings (SSSR count). The molecule has 132 valence electrons. The number of aromatic nitrogens is 2. The van der Waals surface area contributed by atoms with Crippen LogP contribution in [0.4, 0.5) is 5.82 Å². The Labute approximate surface area is 161 Å². The van der Waals surface area contributed by atoms with Gasteiger partial charge in [0.25, 0.3) is 0 Å². The van der Waals surface area contributed by atoms with Gasteiger partial charge >= 0.3 is 0 Å². The van der Waals surface area contributed by atoms with E-state index in [1.165, 1.54) is 0 Å². The van der Waals surface area contributed by atoms with E-state index in [1.54, 1.807) is 11.8 Å². The lowest BCUT2D eigenvalue weighted by Gasteiger charge is -2.31. The first-order chi connectivity index (χ1) is 12.1. The summed E-state index contributed by atoms with van der Waals surface area (Å²) in [5, 5.41) is 4.40. The maximum Gasteiger partial charge on any atom is 0.201 e. The van der Waals surface area contributed by atoms with Gasteiger partial charge in [-0.2, -0.15) is 0 Å². The fraction of sp³-hybridized carbons (Fsp3) is 0.412. The second kappa shape index (κ2) is 7.25. The van der Waals surface area contributed by atoms with Gasteiger partial charge in [0.2, 0.25) is 4.77 Å². The number of halogens is 1. The topological polar surface area (TPSA) is 42.3 Å². The normalized spacial score (nSPS) is 20.3. The van der Waals surface area contributed by atoms with Crippen molar-refractivity contribution in [3.8, 4) is 0 Å². The van der Waals surface area contributed by atoms with Crippen molar-refractivity contribution in [3.05, 3.63) is 45.3 Å². The molecule has 1 fully saturated rings. The molecule has 8 heteroatoms. The Morgan fingerprint density at radius 2 is 2.20 bits per heavy atom. The maximum absolute atomic E-state index is 6.27. The average Bonchev–Trinajstić information content (AvgIpc) is 3.06. The highest BCUT2D eigenvalue weighted by atomic mass is 35.5. The fourth-order valence-electron chi connectivity index (χ4n) is 3.09. The summed E-state index contributed by atoms with van der Waals surface area (Å²) in [6, 6.07) is 5.98. The molecule has 0 bridgehead atoms. The highest BCUT2D eigenvalue weighted by molar-refractivity contribution is 8.00. The van der Waals surface area contributed by atoms with Gasteiger partial charge in [0.15, 0.2) is 0 Å². The van der Waals surface area contributed by atoms with Crippen molar-refractivity contribution < 1.29 is 4.74 Å². The molecule has 5 nitrogen and oxygen atoms in total. The Bertz CT molecular complexity index is 851. The van der Waals surface area contributed by atoms with Crippen molar-refractivity contribution in [2.45, 2.75) is 23.9 Å². The zero-order chi connectivity index (χ0) is 17.4. The summed E-state index contributed by atoms with van der Waals surface area (Å²) in [5.41, 5.74) is 2.43. The van der Waals surface area contributed by atoms with Gasteiger partial charge in [-0.15, -0.1) is 0 Å². The number of fused-ring (bicyclic) bond motifs is 1. The highest BCUT2D eigenvalue weighted by Gasteiger charge is 2.30. The molecule has 0 radical (unpaired) electrons. The number of anilines is 1. The zero-order valence-corrected chi connectivity index (χ0v) is 16.3. The Balaban J connectivity index is 1.64. The third-order valence-corrected chi connectivity index (χ3v) is 6.54. The van der Waals surface area contributed by atoms with Crippen molar-refractivity contribution in [1.29, 1.82) is 0 Å². The van der Waals surface area contributed by atoms with Crippen LogP contribution in [0.2, 0.25) is 5.02 Å². The molecule has 0 saturated carbocycles. The van der Waals surface area contributed by atoms with Crippen LogP contribution in [0, 0.1) is 11.7 Å². The summed E-state index contributed by atoms with van der Waals surface area (Å²) in [4.78, 5) is 7.94. The number of rotatable bonds is 3. The van der Waals surface area contributed by atoms with Crippen LogP contribution in [0.1, 0.15) is 11.1 Å². The molecule has 0 spiro atoms. The second-order valence-electron chi connectivity index (χ2n) is 6.13. The second-order valence-corrected chi connectivity index (χ2v) is 8.02. The van der Waals surface area contributed by atoms with Crippen LogP contribution in [0.5, 0.6) is 0 Å². The predicted octanol–water partition coefficient (Wildman–Crippen LogP) is 3.76. The third-order valence-electron chi connectivity index (χ3n) is 4.61. The first-order valence-corrected chi connectivity index (χ1v) is 9.89. The first kappa shape index (κ1) is 17.3. The molecule has 1 atom stereocenters. The van der Waals surface area contributed by atoms with E-state index in [0.29, 0.717) is 11.3 Å². The van der Waals surface area contributed by atoms with E-state index < -0.39 is 0 Å². The molecule has 2 aliphatic heterocycles. The Morgan fingerprint density at radius 1 is 1.40 bits per heavy atom. The lowest BCUT2D eigenvalue weighted by molar-refractivity contribution is 0.0365. The summed E-state index contributed by atoms with van der Waals surface area (Å²) in [6.45, 7) is 6.12. The van der Waals surface area contributed by atoms with Gasteiger partial charge in [0.05, 0.1) is 24.7 Å². The molecule has 1 aromatic heterocycles. The van der Waals surface area contributed by atoms with Crippen LogP contribution < -0.4 is 5.32 Å². The molecule has 1 unspecified atom stereocenters. The van der Waals surface area contributed by atoms with Crippen LogP contribution in [0.15, 0.2) is 29.3 Å². The largest absolute Gasteiger partial charge is 0.379 e. The number of nitrogens with zero attached hydrogens (tertiary/aromatic N) is 3. The fourth-order valence-corrected chi connectivity index (χ4v) is 4.66. The number of ether oxygens (including phenoxy) is 1. The number of thioether (sulfide) groups is 1. The van der Waals surface area contributed by atoms with Crippen molar-refractivity contribution in [1.82, 2.24) is 14.5 Å². The maximum atomic E-state index is 6.27. The van der Waals surface area contributed by atoms with Crippen LogP contribution >= 0.6 is 35.6 Å². The van der Waals surface area contributed by atoms with Gasteiger partial charge in [-0.3, -0.25) is 9.47 Å². The van der Waals surface area contributed by atoms with Crippen molar-refractivity contribution in [2.24, 2.45) is 0 Å².